The molecule has 1 unspecified atom stereocenters. The first-order chi connectivity index (χ1) is 6.22. The lowest BCUT2D eigenvalue weighted by Gasteiger charge is -2.10. The van der Waals surface area contributed by atoms with Gasteiger partial charge in [0, 0.05) is 6.54 Å². The summed E-state index contributed by atoms with van der Waals surface area (Å²) in [6, 6.07) is -0.530. The van der Waals surface area contributed by atoms with E-state index in [1.165, 1.54) is 0 Å². The first-order valence-corrected chi connectivity index (χ1v) is 4.54. The number of hydrogen-bond acceptors (Lipinski definition) is 5. The van der Waals surface area contributed by atoms with Crippen LogP contribution < -0.4 is 17.2 Å². The Balaban J connectivity index is -0.000000240. The fraction of sp³-hybridized carbons (Fsp3) is 0.875. The summed E-state index contributed by atoms with van der Waals surface area (Å²) in [7, 11) is 0. The maximum atomic E-state index is 11.1. The molecule has 0 aromatic heterocycles. The third kappa shape index (κ3) is 14.2. The van der Waals surface area contributed by atoms with Gasteiger partial charge in [-0.25, -0.2) is 0 Å². The smallest absolute Gasteiger partial charge is 0.322 e. The molecule has 0 fully saturated rings. The van der Waals surface area contributed by atoms with Crippen molar-refractivity contribution < 1.29 is 9.53 Å². The van der Waals surface area contributed by atoms with Gasteiger partial charge in [-0.2, -0.15) is 0 Å². The van der Waals surface area contributed by atoms with Crippen molar-refractivity contribution in [1.29, 1.82) is 0 Å². The average molecular weight is 299 g/mol. The summed E-state index contributed by atoms with van der Waals surface area (Å²) < 4.78 is 4.76. The first kappa shape index (κ1) is 25.2. The molecule has 0 aromatic rings. The van der Waals surface area contributed by atoms with Gasteiger partial charge in [-0.3, -0.25) is 4.79 Å². The molecular weight excluding hydrogens is 276 g/mol. The van der Waals surface area contributed by atoms with Gasteiger partial charge in [0.25, 0.3) is 0 Å². The van der Waals surface area contributed by atoms with Gasteiger partial charge < -0.3 is 21.9 Å². The molecule has 1 atom stereocenters. The second kappa shape index (κ2) is 17.6. The number of hydrogen-bond donors (Lipinski definition) is 3. The summed E-state index contributed by atoms with van der Waals surface area (Å²) in [4.78, 5) is 11.1. The minimum absolute atomic E-state index is 0. The minimum atomic E-state index is -0.530. The number of nitrogens with two attached hydrogens (primary N) is 3. The van der Waals surface area contributed by atoms with Crippen LogP contribution in [0, 0.1) is 0 Å². The lowest BCUT2D eigenvalue weighted by atomic mass is 10.1. The van der Waals surface area contributed by atoms with Crippen LogP contribution in [0.1, 0.15) is 19.3 Å². The molecule has 0 aliphatic rings. The lowest BCUT2D eigenvalue weighted by Crippen LogP contribution is -2.33. The molecule has 0 aromatic carbocycles. The molecule has 0 spiro atoms. The molecule has 0 heterocycles. The van der Waals surface area contributed by atoms with Crippen molar-refractivity contribution in [2.45, 2.75) is 25.3 Å². The van der Waals surface area contributed by atoms with Crippen molar-refractivity contribution >= 4 is 43.2 Å². The Morgan fingerprint density at radius 3 is 2.06 bits per heavy atom. The van der Waals surface area contributed by atoms with Crippen molar-refractivity contribution in [3.05, 3.63) is 0 Å². The van der Waals surface area contributed by atoms with E-state index in [1.54, 1.807) is 0 Å². The van der Waals surface area contributed by atoms with Gasteiger partial charge >= 0.3 is 5.97 Å². The van der Waals surface area contributed by atoms with Crippen molar-refractivity contribution in [1.82, 2.24) is 0 Å². The Kier molecular flexibility index (Phi) is 27.7. The lowest BCUT2D eigenvalue weighted by molar-refractivity contribution is -0.145. The number of ether oxygens (including phenoxy) is 1. The highest BCUT2D eigenvalue weighted by Gasteiger charge is 2.13. The van der Waals surface area contributed by atoms with E-state index in [1.807, 2.05) is 0 Å². The van der Waals surface area contributed by atoms with Gasteiger partial charge in [0.05, 0.1) is 0 Å². The maximum Gasteiger partial charge on any atom is 0.322 e. The molecule has 0 amide bonds. The van der Waals surface area contributed by atoms with Crippen LogP contribution in [0.5, 0.6) is 0 Å². The van der Waals surface area contributed by atoms with Gasteiger partial charge in [0.1, 0.15) is 12.6 Å². The predicted molar refractivity (Wildman–Crippen MR) is 72.6 cm³/mol. The molecule has 0 rings (SSSR count). The highest BCUT2D eigenvalue weighted by atomic mass is 35.5. The van der Waals surface area contributed by atoms with E-state index in [9.17, 15) is 4.79 Å². The van der Waals surface area contributed by atoms with Crippen LogP contribution in [0.3, 0.4) is 0 Å². The van der Waals surface area contributed by atoms with Crippen molar-refractivity contribution in [2.75, 3.05) is 19.7 Å². The SMILES string of the molecule is Cl.Cl.Cl.NCCCCC(N)C(=O)OCCN. The summed E-state index contributed by atoms with van der Waals surface area (Å²) >= 11 is 0. The fourth-order valence-corrected chi connectivity index (χ4v) is 0.893. The van der Waals surface area contributed by atoms with Crippen LogP contribution in [0.25, 0.3) is 0 Å². The zero-order chi connectivity index (χ0) is 10.1. The van der Waals surface area contributed by atoms with E-state index in [4.69, 9.17) is 21.9 Å². The Morgan fingerprint density at radius 1 is 1.06 bits per heavy atom. The molecule has 0 aliphatic carbocycles. The van der Waals surface area contributed by atoms with Crippen LogP contribution in [0.4, 0.5) is 0 Å². The van der Waals surface area contributed by atoms with Gasteiger partial charge in [-0.1, -0.05) is 6.42 Å². The number of halogens is 3. The molecule has 0 saturated heterocycles. The topological polar surface area (TPSA) is 104 Å². The molecule has 0 aliphatic heterocycles. The Bertz CT molecular complexity index is 152. The summed E-state index contributed by atoms with van der Waals surface area (Å²) in [6.45, 7) is 1.20. The molecule has 0 bridgehead atoms. The number of esters is 1. The molecule has 102 valence electrons. The minimum Gasteiger partial charge on any atom is -0.463 e. The molecule has 0 radical (unpaired) electrons. The Hall–Kier alpha value is 0.220. The highest BCUT2D eigenvalue weighted by molar-refractivity contribution is 5.86. The van der Waals surface area contributed by atoms with Gasteiger partial charge in [-0.15, -0.1) is 37.2 Å². The van der Waals surface area contributed by atoms with E-state index in [2.05, 4.69) is 0 Å². The van der Waals surface area contributed by atoms with Gasteiger partial charge in [0.2, 0.25) is 0 Å². The van der Waals surface area contributed by atoms with Crippen LogP contribution in [-0.4, -0.2) is 31.7 Å². The molecule has 0 saturated carbocycles. The molecule has 5 nitrogen and oxygen atoms in total. The Morgan fingerprint density at radius 2 is 1.62 bits per heavy atom. The second-order valence-electron chi connectivity index (χ2n) is 2.85. The largest absolute Gasteiger partial charge is 0.463 e. The summed E-state index contributed by atoms with van der Waals surface area (Å²) in [5.74, 6) is -0.373. The van der Waals surface area contributed by atoms with Crippen LogP contribution in [-0.2, 0) is 9.53 Å². The van der Waals surface area contributed by atoms with Crippen molar-refractivity contribution in [3.8, 4) is 0 Å². The molecule has 16 heavy (non-hydrogen) atoms. The highest BCUT2D eigenvalue weighted by Crippen LogP contribution is 1.99. The number of carbonyl (C=O) groups is 1. The van der Waals surface area contributed by atoms with Gasteiger partial charge in [0.15, 0.2) is 0 Å². The number of unbranched alkanes of at least 4 members (excludes halogenated alkanes) is 1. The summed E-state index contributed by atoms with van der Waals surface area (Å²) in [5, 5.41) is 0. The molecule has 6 N–H and O–H groups in total. The number of rotatable bonds is 7. The monoisotopic (exact) mass is 297 g/mol. The third-order valence-electron chi connectivity index (χ3n) is 1.63. The zero-order valence-corrected chi connectivity index (χ0v) is 11.5. The fourth-order valence-electron chi connectivity index (χ4n) is 0.893. The predicted octanol–water partition coefficient (Wildman–Crippen LogP) is 0.210. The van der Waals surface area contributed by atoms with Gasteiger partial charge in [-0.05, 0) is 19.4 Å². The van der Waals surface area contributed by atoms with Crippen LogP contribution >= 0.6 is 37.2 Å². The zero-order valence-electron chi connectivity index (χ0n) is 9.09. The van der Waals surface area contributed by atoms with E-state index in [0.29, 0.717) is 19.5 Å². The van der Waals surface area contributed by atoms with Crippen LogP contribution in [0.15, 0.2) is 0 Å². The van der Waals surface area contributed by atoms with Crippen molar-refractivity contribution in [3.63, 3.8) is 0 Å². The molecular formula is C8H22Cl3N3O2. The third-order valence-corrected chi connectivity index (χ3v) is 1.63. The normalized spacial score (nSPS) is 10.2. The van der Waals surface area contributed by atoms with Crippen LogP contribution in [0.2, 0.25) is 0 Å². The van der Waals surface area contributed by atoms with Crippen molar-refractivity contribution in [2.24, 2.45) is 17.2 Å². The number of carbonyl (C=O) groups excluding carboxylic acids is 1. The van der Waals surface area contributed by atoms with E-state index < -0.39 is 6.04 Å². The summed E-state index contributed by atoms with van der Waals surface area (Å²) in [6.07, 6.45) is 2.37. The maximum absolute atomic E-state index is 11.1. The first-order valence-electron chi connectivity index (χ1n) is 4.54. The summed E-state index contributed by atoms with van der Waals surface area (Å²) in [5.41, 5.74) is 16.0. The second-order valence-corrected chi connectivity index (χ2v) is 2.85. The quantitative estimate of drug-likeness (QED) is 0.460. The van der Waals surface area contributed by atoms with E-state index in [-0.39, 0.29) is 49.8 Å². The van der Waals surface area contributed by atoms with E-state index >= 15 is 0 Å². The molecule has 8 heteroatoms. The Labute approximate surface area is 115 Å². The van der Waals surface area contributed by atoms with E-state index in [0.717, 1.165) is 12.8 Å². The average Bonchev–Trinajstić information content (AvgIpc) is 2.14. The standard InChI is InChI=1S/C8H19N3O2.3ClH/c9-4-2-1-3-7(11)8(12)13-6-5-10;;;/h7H,1-6,9-11H2;3*1H.